The second-order valence-corrected chi connectivity index (χ2v) is 4.93. The number of aliphatic carboxylic acids is 1. The van der Waals surface area contributed by atoms with Gasteiger partial charge in [-0.15, -0.1) is 0 Å². The van der Waals surface area contributed by atoms with E-state index in [0.717, 1.165) is 5.56 Å². The third kappa shape index (κ3) is 2.38. The molecule has 0 saturated heterocycles. The Hall–Kier alpha value is -2.69. The van der Waals surface area contributed by atoms with Crippen LogP contribution in [0.3, 0.4) is 0 Å². The molecule has 2 heterocycles. The molecule has 1 aromatic heterocycles. The summed E-state index contributed by atoms with van der Waals surface area (Å²) in [5.74, 6) is -1.32. The van der Waals surface area contributed by atoms with Gasteiger partial charge in [0.1, 0.15) is 0 Å². The van der Waals surface area contributed by atoms with E-state index in [2.05, 4.69) is 4.98 Å². The predicted octanol–water partition coefficient (Wildman–Crippen LogP) is 1.91. The summed E-state index contributed by atoms with van der Waals surface area (Å²) in [5, 5.41) is 9.54. The first-order valence-corrected chi connectivity index (χ1v) is 6.70. The molecule has 1 aliphatic heterocycles. The van der Waals surface area contributed by atoms with E-state index >= 15 is 0 Å². The van der Waals surface area contributed by atoms with Crippen molar-refractivity contribution in [2.75, 3.05) is 6.54 Å². The zero-order valence-corrected chi connectivity index (χ0v) is 11.3. The molecule has 1 atom stereocenters. The van der Waals surface area contributed by atoms with Crippen LogP contribution in [0.1, 0.15) is 27.5 Å². The van der Waals surface area contributed by atoms with Crippen molar-refractivity contribution in [3.05, 3.63) is 65.5 Å². The van der Waals surface area contributed by atoms with Crippen LogP contribution in [0.15, 0.2) is 48.8 Å². The highest BCUT2D eigenvalue weighted by atomic mass is 16.4. The number of carboxylic acid groups (broad SMARTS) is 1. The van der Waals surface area contributed by atoms with Gasteiger partial charge in [0.05, 0.1) is 5.56 Å². The number of rotatable bonds is 2. The van der Waals surface area contributed by atoms with E-state index in [1.54, 1.807) is 30.5 Å². The summed E-state index contributed by atoms with van der Waals surface area (Å²) in [4.78, 5) is 29.5. The minimum Gasteiger partial charge on any atom is -0.479 e. The first-order valence-electron chi connectivity index (χ1n) is 6.70. The van der Waals surface area contributed by atoms with Crippen LogP contribution in [0.2, 0.25) is 0 Å². The minimum atomic E-state index is -1.01. The zero-order chi connectivity index (χ0) is 14.8. The number of amides is 1. The molecule has 0 saturated carbocycles. The van der Waals surface area contributed by atoms with Crippen molar-refractivity contribution in [1.82, 2.24) is 9.88 Å². The van der Waals surface area contributed by atoms with Crippen LogP contribution in [-0.2, 0) is 11.2 Å². The van der Waals surface area contributed by atoms with Gasteiger partial charge in [-0.2, -0.15) is 0 Å². The van der Waals surface area contributed by atoms with Crippen molar-refractivity contribution >= 4 is 11.9 Å². The molecule has 1 aromatic carbocycles. The maximum atomic E-state index is 12.5. The molecule has 3 rings (SSSR count). The summed E-state index contributed by atoms with van der Waals surface area (Å²) in [5.41, 5.74) is 2.08. The summed E-state index contributed by atoms with van der Waals surface area (Å²) in [6.45, 7) is 0.391. The standard InChI is InChI=1S/C16H14N2O3/c19-15(12-5-3-8-17-10-12)18-9-7-11-4-1-2-6-13(11)14(18)16(20)21/h1-6,8,10,14H,7,9H2,(H,20,21). The Kier molecular flexibility index (Phi) is 3.39. The average molecular weight is 282 g/mol. The van der Waals surface area contributed by atoms with Crippen LogP contribution in [0, 0.1) is 0 Å². The number of aromatic nitrogens is 1. The quantitative estimate of drug-likeness (QED) is 0.913. The van der Waals surface area contributed by atoms with Crippen LogP contribution < -0.4 is 0 Å². The molecule has 0 radical (unpaired) electrons. The molecular formula is C16H14N2O3. The molecule has 1 amide bonds. The number of nitrogens with zero attached hydrogens (tertiary/aromatic N) is 2. The van der Waals surface area contributed by atoms with Crippen molar-refractivity contribution < 1.29 is 14.7 Å². The molecule has 1 aliphatic rings. The van der Waals surface area contributed by atoms with Crippen molar-refractivity contribution in [3.63, 3.8) is 0 Å². The SMILES string of the molecule is O=C(O)C1c2ccccc2CCN1C(=O)c1cccnc1. The third-order valence-corrected chi connectivity index (χ3v) is 3.69. The lowest BCUT2D eigenvalue weighted by molar-refractivity contribution is -0.143. The molecule has 0 spiro atoms. The molecule has 0 fully saturated rings. The Morgan fingerprint density at radius 2 is 2.00 bits per heavy atom. The third-order valence-electron chi connectivity index (χ3n) is 3.69. The fraction of sp³-hybridized carbons (Fsp3) is 0.188. The number of hydrogen-bond acceptors (Lipinski definition) is 3. The maximum Gasteiger partial charge on any atom is 0.331 e. The Morgan fingerprint density at radius 3 is 2.71 bits per heavy atom. The van der Waals surface area contributed by atoms with E-state index in [9.17, 15) is 14.7 Å². The summed E-state index contributed by atoms with van der Waals surface area (Å²) < 4.78 is 0. The summed E-state index contributed by atoms with van der Waals surface area (Å²) in [6, 6.07) is 9.75. The van der Waals surface area contributed by atoms with Gasteiger partial charge in [0.25, 0.3) is 5.91 Å². The maximum absolute atomic E-state index is 12.5. The topological polar surface area (TPSA) is 70.5 Å². The van der Waals surface area contributed by atoms with E-state index in [1.807, 2.05) is 12.1 Å². The van der Waals surface area contributed by atoms with Crippen LogP contribution in [0.5, 0.6) is 0 Å². The van der Waals surface area contributed by atoms with Gasteiger partial charge >= 0.3 is 5.97 Å². The van der Waals surface area contributed by atoms with Crippen molar-refractivity contribution in [1.29, 1.82) is 0 Å². The van der Waals surface area contributed by atoms with Crippen molar-refractivity contribution in [2.45, 2.75) is 12.5 Å². The van der Waals surface area contributed by atoms with Crippen LogP contribution in [-0.4, -0.2) is 33.4 Å². The molecule has 21 heavy (non-hydrogen) atoms. The van der Waals surface area contributed by atoms with Gasteiger partial charge in [0.2, 0.25) is 0 Å². The number of fused-ring (bicyclic) bond motifs is 1. The minimum absolute atomic E-state index is 0.301. The zero-order valence-electron chi connectivity index (χ0n) is 11.3. The van der Waals surface area contributed by atoms with Gasteiger partial charge in [-0.25, -0.2) is 4.79 Å². The summed E-state index contributed by atoms with van der Waals surface area (Å²) >= 11 is 0. The monoisotopic (exact) mass is 282 g/mol. The average Bonchev–Trinajstić information content (AvgIpc) is 2.53. The number of benzene rings is 1. The van der Waals surface area contributed by atoms with E-state index < -0.39 is 12.0 Å². The van der Waals surface area contributed by atoms with Crippen LogP contribution in [0.4, 0.5) is 0 Å². The molecular weight excluding hydrogens is 268 g/mol. The highest BCUT2D eigenvalue weighted by Crippen LogP contribution is 2.30. The Morgan fingerprint density at radius 1 is 1.19 bits per heavy atom. The molecule has 5 nitrogen and oxygen atoms in total. The highest BCUT2D eigenvalue weighted by Gasteiger charge is 2.36. The lowest BCUT2D eigenvalue weighted by Crippen LogP contribution is -2.43. The molecule has 2 aromatic rings. The predicted molar refractivity (Wildman–Crippen MR) is 75.8 cm³/mol. The van der Waals surface area contributed by atoms with E-state index in [4.69, 9.17) is 0 Å². The normalized spacial score (nSPS) is 17.1. The van der Waals surface area contributed by atoms with E-state index in [0.29, 0.717) is 24.1 Å². The van der Waals surface area contributed by atoms with Crippen LogP contribution >= 0.6 is 0 Å². The fourth-order valence-electron chi connectivity index (χ4n) is 2.71. The van der Waals surface area contributed by atoms with Gasteiger partial charge in [0, 0.05) is 18.9 Å². The first-order chi connectivity index (χ1) is 10.2. The molecule has 0 aliphatic carbocycles. The molecule has 1 unspecified atom stereocenters. The largest absolute Gasteiger partial charge is 0.479 e. The second-order valence-electron chi connectivity index (χ2n) is 4.93. The number of hydrogen-bond donors (Lipinski definition) is 1. The Balaban J connectivity index is 2.00. The number of pyridine rings is 1. The van der Waals surface area contributed by atoms with E-state index in [1.165, 1.54) is 11.1 Å². The van der Waals surface area contributed by atoms with Crippen molar-refractivity contribution in [2.24, 2.45) is 0 Å². The number of carbonyl (C=O) groups is 2. The lowest BCUT2D eigenvalue weighted by atomic mass is 9.92. The Bertz CT molecular complexity index is 685. The lowest BCUT2D eigenvalue weighted by Gasteiger charge is -2.34. The highest BCUT2D eigenvalue weighted by molar-refractivity contribution is 5.97. The molecule has 1 N–H and O–H groups in total. The summed E-state index contributed by atoms with van der Waals surface area (Å²) in [7, 11) is 0. The second kappa shape index (κ2) is 5.36. The number of carboxylic acids is 1. The van der Waals surface area contributed by atoms with E-state index in [-0.39, 0.29) is 5.91 Å². The molecule has 0 bridgehead atoms. The van der Waals surface area contributed by atoms with Gasteiger partial charge in [-0.1, -0.05) is 24.3 Å². The Labute approximate surface area is 121 Å². The molecule has 5 heteroatoms. The molecule has 106 valence electrons. The summed E-state index contributed by atoms with van der Waals surface area (Å²) in [6.07, 6.45) is 3.70. The fourth-order valence-corrected chi connectivity index (χ4v) is 2.71. The van der Waals surface area contributed by atoms with Gasteiger partial charge < -0.3 is 10.0 Å². The number of carbonyl (C=O) groups excluding carboxylic acids is 1. The van der Waals surface area contributed by atoms with Crippen molar-refractivity contribution in [3.8, 4) is 0 Å². The van der Waals surface area contributed by atoms with Gasteiger partial charge in [0.15, 0.2) is 6.04 Å². The van der Waals surface area contributed by atoms with Crippen LogP contribution in [0.25, 0.3) is 0 Å². The van der Waals surface area contributed by atoms with Gasteiger partial charge in [-0.05, 0) is 29.7 Å². The van der Waals surface area contributed by atoms with Gasteiger partial charge in [-0.3, -0.25) is 9.78 Å². The first kappa shape index (κ1) is 13.3. The smallest absolute Gasteiger partial charge is 0.331 e.